The molecule has 0 radical (unpaired) electrons. The number of allylic oxidation sites excluding steroid dienone is 1. The van der Waals surface area contributed by atoms with Crippen LogP contribution in [0.5, 0.6) is 0 Å². The molecule has 0 heterocycles. The van der Waals surface area contributed by atoms with Crippen LogP contribution in [0.25, 0.3) is 0 Å². The summed E-state index contributed by atoms with van der Waals surface area (Å²) < 4.78 is 0. The molecule has 2 rings (SSSR count). The fourth-order valence-electron chi connectivity index (χ4n) is 3.23. The van der Waals surface area contributed by atoms with Crippen LogP contribution in [0.2, 0.25) is 0 Å². The van der Waals surface area contributed by atoms with Gasteiger partial charge < -0.3 is 10.2 Å². The summed E-state index contributed by atoms with van der Waals surface area (Å²) in [7, 11) is 4.37. The Morgan fingerprint density at radius 3 is 2.69 bits per heavy atom. The van der Waals surface area contributed by atoms with Crippen LogP contribution in [0.15, 0.2) is 12.2 Å². The molecule has 0 saturated heterocycles. The molecule has 2 aliphatic rings. The van der Waals surface area contributed by atoms with Crippen molar-refractivity contribution in [2.24, 2.45) is 17.8 Å². The van der Waals surface area contributed by atoms with Gasteiger partial charge in [0.05, 0.1) is 0 Å². The number of hydrogen-bond acceptors (Lipinski definition) is 2. The topological polar surface area (TPSA) is 15.3 Å². The van der Waals surface area contributed by atoms with Gasteiger partial charge in [0.1, 0.15) is 0 Å². The van der Waals surface area contributed by atoms with Gasteiger partial charge in [0.25, 0.3) is 0 Å². The predicted molar refractivity (Wildman–Crippen MR) is 69.5 cm³/mol. The van der Waals surface area contributed by atoms with E-state index in [1.54, 1.807) is 0 Å². The summed E-state index contributed by atoms with van der Waals surface area (Å²) in [4.78, 5) is 2.35. The smallest absolute Gasteiger partial charge is 0.0237 e. The van der Waals surface area contributed by atoms with Crippen molar-refractivity contribution >= 4 is 0 Å². The lowest BCUT2D eigenvalue weighted by Gasteiger charge is -2.42. The lowest BCUT2D eigenvalue weighted by molar-refractivity contribution is 0.140. The highest BCUT2D eigenvalue weighted by atomic mass is 15.1. The maximum Gasteiger partial charge on any atom is 0.0237 e. The first kappa shape index (κ1) is 12.1. The first-order valence-corrected chi connectivity index (χ1v) is 6.66. The van der Waals surface area contributed by atoms with Gasteiger partial charge >= 0.3 is 0 Å². The summed E-state index contributed by atoms with van der Waals surface area (Å²) in [5.41, 5.74) is 0. The third kappa shape index (κ3) is 2.33. The molecule has 92 valence electrons. The second-order valence-electron chi connectivity index (χ2n) is 6.03. The van der Waals surface area contributed by atoms with E-state index in [1.807, 2.05) is 0 Å². The van der Waals surface area contributed by atoms with E-state index >= 15 is 0 Å². The molecule has 4 unspecified atom stereocenters. The Morgan fingerprint density at radius 1 is 1.38 bits per heavy atom. The van der Waals surface area contributed by atoms with Crippen molar-refractivity contribution in [2.75, 3.05) is 20.6 Å². The maximum absolute atomic E-state index is 3.76. The minimum atomic E-state index is 0.657. The van der Waals surface area contributed by atoms with Crippen LogP contribution in [-0.2, 0) is 0 Å². The van der Waals surface area contributed by atoms with E-state index in [4.69, 9.17) is 0 Å². The van der Waals surface area contributed by atoms with Gasteiger partial charge in [-0.15, -0.1) is 0 Å². The Labute approximate surface area is 100 Å². The lowest BCUT2D eigenvalue weighted by atomic mass is 9.71. The van der Waals surface area contributed by atoms with Crippen LogP contribution < -0.4 is 5.32 Å². The molecule has 2 heteroatoms. The number of fused-ring (bicyclic) bond motifs is 1. The second-order valence-corrected chi connectivity index (χ2v) is 6.03. The molecule has 1 N–H and O–H groups in total. The van der Waals surface area contributed by atoms with Crippen molar-refractivity contribution in [1.29, 1.82) is 0 Å². The zero-order chi connectivity index (χ0) is 11.7. The molecule has 1 fully saturated rings. The van der Waals surface area contributed by atoms with Crippen LogP contribution >= 0.6 is 0 Å². The van der Waals surface area contributed by atoms with Gasteiger partial charge in [0, 0.05) is 18.6 Å². The zero-order valence-electron chi connectivity index (χ0n) is 11.1. The van der Waals surface area contributed by atoms with E-state index in [2.05, 4.69) is 50.3 Å². The monoisotopic (exact) mass is 222 g/mol. The van der Waals surface area contributed by atoms with Crippen LogP contribution in [0.3, 0.4) is 0 Å². The third-order valence-electron chi connectivity index (χ3n) is 4.38. The van der Waals surface area contributed by atoms with Crippen LogP contribution in [0.1, 0.15) is 26.7 Å². The third-order valence-corrected chi connectivity index (χ3v) is 4.38. The number of rotatable bonds is 5. The largest absolute Gasteiger partial charge is 0.312 e. The van der Waals surface area contributed by atoms with Crippen molar-refractivity contribution in [1.82, 2.24) is 10.2 Å². The van der Waals surface area contributed by atoms with Gasteiger partial charge in [-0.25, -0.2) is 0 Å². The van der Waals surface area contributed by atoms with Crippen LogP contribution in [-0.4, -0.2) is 37.6 Å². The van der Waals surface area contributed by atoms with Gasteiger partial charge in [0.15, 0.2) is 0 Å². The van der Waals surface area contributed by atoms with Crippen molar-refractivity contribution in [3.8, 4) is 0 Å². The average molecular weight is 222 g/mol. The molecule has 0 aromatic carbocycles. The molecule has 2 nitrogen and oxygen atoms in total. The van der Waals surface area contributed by atoms with Crippen LogP contribution in [0.4, 0.5) is 0 Å². The number of nitrogens with zero attached hydrogens (tertiary/aromatic N) is 1. The fraction of sp³-hybridized carbons (Fsp3) is 0.857. The second kappa shape index (κ2) is 4.89. The maximum atomic E-state index is 3.76. The molecule has 16 heavy (non-hydrogen) atoms. The lowest BCUT2D eigenvalue weighted by Crippen LogP contribution is -2.52. The normalized spacial score (nSPS) is 34.2. The molecular weight excluding hydrogens is 196 g/mol. The van der Waals surface area contributed by atoms with Gasteiger partial charge in [0.2, 0.25) is 0 Å². The Balaban J connectivity index is 1.76. The molecule has 1 saturated carbocycles. The van der Waals surface area contributed by atoms with Gasteiger partial charge in [-0.3, -0.25) is 0 Å². The minimum Gasteiger partial charge on any atom is -0.312 e. The van der Waals surface area contributed by atoms with E-state index in [9.17, 15) is 0 Å². The fourth-order valence-corrected chi connectivity index (χ4v) is 3.23. The Morgan fingerprint density at radius 2 is 2.12 bits per heavy atom. The molecule has 0 spiro atoms. The number of likely N-dealkylation sites (N-methyl/N-ethyl adjacent to an activating group) is 1. The van der Waals surface area contributed by atoms with Gasteiger partial charge in [-0.2, -0.15) is 0 Å². The van der Waals surface area contributed by atoms with E-state index < -0.39 is 0 Å². The molecule has 0 aromatic rings. The van der Waals surface area contributed by atoms with Crippen molar-refractivity contribution < 1.29 is 0 Å². The quantitative estimate of drug-likeness (QED) is 0.717. The van der Waals surface area contributed by atoms with E-state index in [0.717, 1.165) is 30.3 Å². The Bertz CT molecular complexity index is 249. The van der Waals surface area contributed by atoms with Crippen molar-refractivity contribution in [3.63, 3.8) is 0 Å². The average Bonchev–Trinajstić information content (AvgIpc) is 2.53. The summed E-state index contributed by atoms with van der Waals surface area (Å²) in [5.74, 6) is 2.53. The molecule has 2 aliphatic carbocycles. The Kier molecular flexibility index (Phi) is 3.70. The van der Waals surface area contributed by atoms with Gasteiger partial charge in [-0.1, -0.05) is 26.0 Å². The Hall–Kier alpha value is -0.340. The highest BCUT2D eigenvalue weighted by molar-refractivity contribution is 5.12. The highest BCUT2D eigenvalue weighted by Gasteiger charge is 2.40. The molecule has 0 amide bonds. The van der Waals surface area contributed by atoms with E-state index in [1.165, 1.54) is 12.8 Å². The molecule has 0 aromatic heterocycles. The number of nitrogens with one attached hydrogen (secondary N) is 1. The molecular formula is C14H26N2. The highest BCUT2D eigenvalue weighted by Crippen LogP contribution is 2.42. The van der Waals surface area contributed by atoms with Crippen molar-refractivity contribution in [2.45, 2.75) is 38.8 Å². The molecule has 4 atom stereocenters. The summed E-state index contributed by atoms with van der Waals surface area (Å²) in [6, 6.07) is 1.41. The first-order chi connectivity index (χ1) is 7.59. The van der Waals surface area contributed by atoms with E-state index in [-0.39, 0.29) is 0 Å². The van der Waals surface area contributed by atoms with Crippen molar-refractivity contribution in [3.05, 3.63) is 12.2 Å². The molecule has 0 bridgehead atoms. The van der Waals surface area contributed by atoms with E-state index in [0.29, 0.717) is 6.04 Å². The summed E-state index contributed by atoms with van der Waals surface area (Å²) in [5, 5.41) is 3.76. The standard InChI is InChI=1S/C14H26N2/c1-10(2)14(16(3)4)9-15-13-8-11-6-5-7-12(11)13/h5,7,10-15H,6,8-9H2,1-4H3. The molecule has 0 aliphatic heterocycles. The minimum absolute atomic E-state index is 0.657. The van der Waals surface area contributed by atoms with Gasteiger partial charge in [-0.05, 0) is 44.7 Å². The first-order valence-electron chi connectivity index (χ1n) is 6.66. The summed E-state index contributed by atoms with van der Waals surface area (Å²) in [6.45, 7) is 5.75. The van der Waals surface area contributed by atoms with Crippen LogP contribution in [0, 0.1) is 17.8 Å². The number of hydrogen-bond donors (Lipinski definition) is 1. The zero-order valence-corrected chi connectivity index (χ0v) is 11.1. The summed E-state index contributed by atoms with van der Waals surface area (Å²) >= 11 is 0. The SMILES string of the molecule is CC(C)C(CNC1CC2CC=CC21)N(C)C. The predicted octanol–water partition coefficient (Wildman–Crippen LogP) is 2.13. The summed E-state index contributed by atoms with van der Waals surface area (Å²) in [6.07, 6.45) is 7.49.